The lowest BCUT2D eigenvalue weighted by Gasteiger charge is -2.16. The van der Waals surface area contributed by atoms with E-state index >= 15 is 0 Å². The van der Waals surface area contributed by atoms with E-state index in [9.17, 15) is 9.59 Å². The Kier molecular flexibility index (Phi) is 9.49. The van der Waals surface area contributed by atoms with Gasteiger partial charge < -0.3 is 27.8 Å². The average molecular weight is 401 g/mol. The lowest BCUT2D eigenvalue weighted by Crippen LogP contribution is -2.43. The summed E-state index contributed by atoms with van der Waals surface area (Å²) < 4.78 is 0. The van der Waals surface area contributed by atoms with Crippen molar-refractivity contribution in [2.75, 3.05) is 25.0 Å². The molecule has 0 saturated heterocycles. The van der Waals surface area contributed by atoms with Gasteiger partial charge in [0.1, 0.15) is 0 Å². The lowest BCUT2D eigenvalue weighted by atomic mass is 9.94. The van der Waals surface area contributed by atoms with Crippen molar-refractivity contribution in [2.45, 2.75) is 38.1 Å². The predicted molar refractivity (Wildman–Crippen MR) is 116 cm³/mol. The van der Waals surface area contributed by atoms with Gasteiger partial charge in [0.25, 0.3) is 0 Å². The Labute approximate surface area is 171 Å². The highest BCUT2D eigenvalue weighted by Gasteiger charge is 2.15. The van der Waals surface area contributed by atoms with E-state index in [2.05, 4.69) is 15.6 Å². The fraction of sp³-hybridized carbons (Fsp3) is 0.476. The largest absolute Gasteiger partial charge is 0.346 e. The summed E-state index contributed by atoms with van der Waals surface area (Å²) in [5.41, 5.74) is 18.6. The van der Waals surface area contributed by atoms with Crippen molar-refractivity contribution in [1.82, 2.24) is 10.3 Å². The molecule has 0 radical (unpaired) electrons. The number of nitrogens with two attached hydrogens (primary N) is 3. The Bertz CT molecular complexity index is 792. The Morgan fingerprint density at radius 2 is 1.76 bits per heavy atom. The molecule has 0 saturated carbocycles. The third-order valence-corrected chi connectivity index (χ3v) is 4.91. The molecule has 2 rings (SSSR count). The molecule has 158 valence electrons. The van der Waals surface area contributed by atoms with Crippen molar-refractivity contribution in [3.05, 3.63) is 36.5 Å². The van der Waals surface area contributed by atoms with Crippen molar-refractivity contribution in [1.29, 1.82) is 0 Å². The van der Waals surface area contributed by atoms with Crippen LogP contribution in [0.4, 0.5) is 5.69 Å². The molecule has 1 heterocycles. The van der Waals surface area contributed by atoms with Crippen molar-refractivity contribution in [3.63, 3.8) is 0 Å². The van der Waals surface area contributed by atoms with Crippen LogP contribution < -0.4 is 27.8 Å². The molecule has 0 bridgehead atoms. The molecule has 1 aromatic carbocycles. The number of benzene rings is 1. The van der Waals surface area contributed by atoms with Gasteiger partial charge in [-0.15, -0.1) is 0 Å². The topological polar surface area (TPSA) is 149 Å². The third kappa shape index (κ3) is 7.77. The summed E-state index contributed by atoms with van der Waals surface area (Å²) in [5, 5.41) is 6.26. The molecular weight excluding hydrogens is 368 g/mol. The quantitative estimate of drug-likeness (QED) is 0.360. The van der Waals surface area contributed by atoms with Gasteiger partial charge in [0, 0.05) is 5.39 Å². The van der Waals surface area contributed by atoms with Crippen LogP contribution in [0.3, 0.4) is 0 Å². The minimum absolute atomic E-state index is 0.137. The van der Waals surface area contributed by atoms with Gasteiger partial charge in [-0.25, -0.2) is 0 Å². The number of amides is 2. The van der Waals surface area contributed by atoms with Crippen LogP contribution in [0.15, 0.2) is 36.5 Å². The average Bonchev–Trinajstić information content (AvgIpc) is 2.72. The van der Waals surface area contributed by atoms with Crippen LogP contribution in [0.2, 0.25) is 0 Å². The van der Waals surface area contributed by atoms with Crippen LogP contribution in [-0.2, 0) is 9.59 Å². The fourth-order valence-electron chi connectivity index (χ4n) is 3.31. The first-order valence-electron chi connectivity index (χ1n) is 10.1. The van der Waals surface area contributed by atoms with Gasteiger partial charge in [0.15, 0.2) is 0 Å². The van der Waals surface area contributed by atoms with E-state index in [1.165, 1.54) is 0 Å². The number of hydrogen-bond donors (Lipinski definition) is 5. The fourth-order valence-corrected chi connectivity index (χ4v) is 3.31. The predicted octanol–water partition coefficient (Wildman–Crippen LogP) is 1.10. The van der Waals surface area contributed by atoms with Crippen LogP contribution in [0.25, 0.3) is 10.9 Å². The maximum absolute atomic E-state index is 12.1. The van der Waals surface area contributed by atoms with E-state index in [0.29, 0.717) is 31.1 Å². The molecule has 1 aromatic heterocycles. The van der Waals surface area contributed by atoms with Crippen LogP contribution in [0.1, 0.15) is 32.1 Å². The highest BCUT2D eigenvalue weighted by Crippen LogP contribution is 2.17. The molecule has 1 atom stereocenters. The van der Waals surface area contributed by atoms with Gasteiger partial charge in [0.05, 0.1) is 30.0 Å². The SMILES string of the molecule is NCCC(CCN)CCCC(N)C(=O)NCC(=O)Nc1cnc2ccccc2c1. The van der Waals surface area contributed by atoms with E-state index < -0.39 is 6.04 Å². The minimum Gasteiger partial charge on any atom is -0.346 e. The summed E-state index contributed by atoms with van der Waals surface area (Å²) in [7, 11) is 0. The molecule has 8 N–H and O–H groups in total. The number of hydrogen-bond acceptors (Lipinski definition) is 6. The summed E-state index contributed by atoms with van der Waals surface area (Å²) in [6, 6.07) is 8.84. The van der Waals surface area contributed by atoms with Gasteiger partial charge in [-0.2, -0.15) is 0 Å². The molecule has 0 aliphatic rings. The molecule has 2 aromatic rings. The number of anilines is 1. The van der Waals surface area contributed by atoms with Crippen molar-refractivity contribution in [2.24, 2.45) is 23.1 Å². The Morgan fingerprint density at radius 1 is 1.03 bits per heavy atom. The molecular formula is C21H32N6O2. The lowest BCUT2D eigenvalue weighted by molar-refractivity contribution is -0.125. The normalized spacial score (nSPS) is 12.1. The number of rotatable bonds is 12. The molecule has 2 amide bonds. The highest BCUT2D eigenvalue weighted by atomic mass is 16.2. The molecule has 1 unspecified atom stereocenters. The molecule has 8 nitrogen and oxygen atoms in total. The van der Waals surface area contributed by atoms with Crippen LogP contribution in [0.5, 0.6) is 0 Å². The number of carbonyl (C=O) groups excluding carboxylic acids is 2. The van der Waals surface area contributed by atoms with E-state index in [0.717, 1.165) is 36.6 Å². The van der Waals surface area contributed by atoms with Gasteiger partial charge in [-0.05, 0) is 50.4 Å². The summed E-state index contributed by atoms with van der Waals surface area (Å²) in [6.45, 7) is 1.14. The molecule has 0 aliphatic carbocycles. The molecule has 0 spiro atoms. The zero-order valence-electron chi connectivity index (χ0n) is 16.8. The van der Waals surface area contributed by atoms with E-state index in [1.54, 1.807) is 6.20 Å². The first-order valence-corrected chi connectivity index (χ1v) is 10.1. The standard InChI is InChI=1S/C21H32N6O2/c22-10-8-15(9-11-23)4-3-6-18(24)21(29)26-14-20(28)27-17-12-16-5-1-2-7-19(16)25-13-17/h1-2,5,7,12-13,15,18H,3-4,6,8-11,14,22-24H2,(H,26,29)(H,27,28). The monoisotopic (exact) mass is 400 g/mol. The summed E-state index contributed by atoms with van der Waals surface area (Å²) >= 11 is 0. The number of nitrogens with one attached hydrogen (secondary N) is 2. The first kappa shape index (κ1) is 22.7. The molecule has 29 heavy (non-hydrogen) atoms. The Hall–Kier alpha value is -2.55. The maximum Gasteiger partial charge on any atom is 0.243 e. The highest BCUT2D eigenvalue weighted by molar-refractivity contribution is 5.96. The molecule has 0 aliphatic heterocycles. The third-order valence-electron chi connectivity index (χ3n) is 4.91. The first-order chi connectivity index (χ1) is 14.0. The van der Waals surface area contributed by atoms with E-state index in [-0.39, 0.29) is 18.4 Å². The Balaban J connectivity index is 1.71. The van der Waals surface area contributed by atoms with Gasteiger partial charge in [0.2, 0.25) is 11.8 Å². The second-order valence-corrected chi connectivity index (χ2v) is 7.24. The van der Waals surface area contributed by atoms with Gasteiger partial charge in [-0.1, -0.05) is 31.0 Å². The summed E-state index contributed by atoms with van der Waals surface area (Å²) in [6.07, 6.45) is 5.80. The van der Waals surface area contributed by atoms with Crippen LogP contribution in [0, 0.1) is 5.92 Å². The maximum atomic E-state index is 12.1. The van der Waals surface area contributed by atoms with Crippen LogP contribution >= 0.6 is 0 Å². The number of fused-ring (bicyclic) bond motifs is 1. The van der Waals surface area contributed by atoms with Crippen molar-refractivity contribution < 1.29 is 9.59 Å². The van der Waals surface area contributed by atoms with Crippen LogP contribution in [-0.4, -0.2) is 42.5 Å². The molecule has 0 fully saturated rings. The number of nitrogens with zero attached hydrogens (tertiary/aromatic N) is 1. The number of pyridine rings is 1. The number of aromatic nitrogens is 1. The van der Waals surface area contributed by atoms with E-state index in [4.69, 9.17) is 17.2 Å². The Morgan fingerprint density at radius 3 is 2.48 bits per heavy atom. The van der Waals surface area contributed by atoms with Gasteiger partial charge >= 0.3 is 0 Å². The number of carbonyl (C=O) groups is 2. The second-order valence-electron chi connectivity index (χ2n) is 7.24. The second kappa shape index (κ2) is 12.1. The number of para-hydroxylation sites is 1. The molecule has 8 heteroatoms. The smallest absolute Gasteiger partial charge is 0.243 e. The van der Waals surface area contributed by atoms with Gasteiger partial charge in [-0.3, -0.25) is 14.6 Å². The van der Waals surface area contributed by atoms with Crippen molar-refractivity contribution in [3.8, 4) is 0 Å². The van der Waals surface area contributed by atoms with Crippen molar-refractivity contribution >= 4 is 28.4 Å². The summed E-state index contributed by atoms with van der Waals surface area (Å²) in [5.74, 6) is -0.179. The zero-order chi connectivity index (χ0) is 21.1. The van der Waals surface area contributed by atoms with E-state index in [1.807, 2.05) is 30.3 Å². The summed E-state index contributed by atoms with van der Waals surface area (Å²) in [4.78, 5) is 28.5. The minimum atomic E-state index is -0.637. The zero-order valence-corrected chi connectivity index (χ0v) is 16.8.